The van der Waals surface area contributed by atoms with Crippen molar-refractivity contribution < 1.29 is 43.2 Å². The highest BCUT2D eigenvalue weighted by Gasteiger charge is 2.75. The number of amides is 3. The van der Waals surface area contributed by atoms with Crippen LogP contribution in [0.3, 0.4) is 0 Å². The Morgan fingerprint density at radius 3 is 2.19 bits per heavy atom. The van der Waals surface area contributed by atoms with E-state index in [2.05, 4.69) is 16.7 Å². The molecule has 0 aliphatic carbocycles. The van der Waals surface area contributed by atoms with Crippen LogP contribution in [0.15, 0.2) is 133 Å². The molecule has 3 amide bonds. The van der Waals surface area contributed by atoms with Crippen LogP contribution in [0, 0.1) is 17.8 Å². The van der Waals surface area contributed by atoms with Crippen LogP contribution in [0.25, 0.3) is 0 Å². The Balaban J connectivity index is 1.38. The first-order chi connectivity index (χ1) is 30.7. The van der Waals surface area contributed by atoms with Crippen LogP contribution in [0.1, 0.15) is 51.6 Å². The number of rotatable bonds is 13. The van der Waals surface area contributed by atoms with Gasteiger partial charge in [-0.05, 0) is 53.6 Å². The molecule has 2 fully saturated rings. The molecule has 3 aliphatic rings. The first-order valence-electron chi connectivity index (χ1n) is 20.8. The molecule has 322 valence electrons. The number of cyclic esters (lactones) is 1. The number of carbonyl (C=O) groups excluding carboxylic acids is 4. The lowest BCUT2D eigenvalue weighted by molar-refractivity contribution is -0.178. The van der Waals surface area contributed by atoms with Crippen LogP contribution in [-0.4, -0.2) is 92.0 Å². The highest BCUT2D eigenvalue weighted by atomic mass is 16.6. The highest BCUT2D eigenvalue weighted by Crippen LogP contribution is 2.66. The first-order valence-corrected chi connectivity index (χ1v) is 20.8. The second-order valence-corrected chi connectivity index (χ2v) is 15.7. The molecule has 0 radical (unpaired) electrons. The molecule has 3 aliphatic heterocycles. The number of esters is 1. The minimum absolute atomic E-state index is 0.0580. The Morgan fingerprint density at radius 2 is 1.51 bits per heavy atom. The molecule has 5 aromatic carbocycles. The molecule has 3 heterocycles. The monoisotopic (exact) mass is 848 g/mol. The zero-order valence-corrected chi connectivity index (χ0v) is 35.0. The number of nitrogens with two attached hydrogens (primary N) is 1. The lowest BCUT2D eigenvalue weighted by atomic mass is 9.65. The Morgan fingerprint density at radius 1 is 0.841 bits per heavy atom. The molecule has 13 heteroatoms. The number of aliphatic hydroxyl groups is 1. The van der Waals surface area contributed by atoms with Gasteiger partial charge in [-0.3, -0.25) is 24.2 Å². The number of methoxy groups -OCH3 is 1. The van der Waals surface area contributed by atoms with Crippen molar-refractivity contribution in [2.75, 3.05) is 52.0 Å². The van der Waals surface area contributed by atoms with Crippen LogP contribution in [0.2, 0.25) is 0 Å². The van der Waals surface area contributed by atoms with Gasteiger partial charge in [0, 0.05) is 24.8 Å². The van der Waals surface area contributed by atoms with E-state index >= 15 is 4.79 Å². The van der Waals surface area contributed by atoms with Gasteiger partial charge in [0.2, 0.25) is 11.8 Å². The predicted molar refractivity (Wildman–Crippen MR) is 233 cm³/mol. The van der Waals surface area contributed by atoms with Crippen molar-refractivity contribution >= 4 is 29.6 Å². The molecule has 3 N–H and O–H groups in total. The van der Waals surface area contributed by atoms with E-state index < -0.39 is 59.4 Å². The number of benzene rings is 5. The van der Waals surface area contributed by atoms with Crippen molar-refractivity contribution in [1.82, 2.24) is 9.80 Å². The maximum Gasteiger partial charge on any atom is 0.421 e. The lowest BCUT2D eigenvalue weighted by Gasteiger charge is -2.46. The van der Waals surface area contributed by atoms with E-state index in [9.17, 15) is 19.5 Å². The van der Waals surface area contributed by atoms with Gasteiger partial charge in [0.1, 0.15) is 36.5 Å². The number of hydrogen-bond donors (Lipinski definition) is 2. The number of imide groups is 1. The average Bonchev–Trinajstić information content (AvgIpc) is 3.75. The maximum absolute atomic E-state index is 16.0. The quantitative estimate of drug-likeness (QED) is 0.0878. The molecule has 2 saturated heterocycles. The summed E-state index contributed by atoms with van der Waals surface area (Å²) in [5.74, 6) is 2.60. The molecule has 6 atom stereocenters. The molecule has 0 aromatic heterocycles. The molecule has 63 heavy (non-hydrogen) atoms. The first kappa shape index (κ1) is 42.9. The van der Waals surface area contributed by atoms with Crippen molar-refractivity contribution in [3.63, 3.8) is 0 Å². The topological polar surface area (TPSA) is 161 Å². The third-order valence-electron chi connectivity index (χ3n) is 11.9. The number of carbonyl (C=O) groups is 4. The second kappa shape index (κ2) is 18.7. The smallest absolute Gasteiger partial charge is 0.421 e. The summed E-state index contributed by atoms with van der Waals surface area (Å²) in [4.78, 5) is 64.6. The normalized spacial score (nSPS) is 22.5. The fourth-order valence-corrected chi connectivity index (χ4v) is 9.46. The van der Waals surface area contributed by atoms with Gasteiger partial charge >= 0.3 is 12.1 Å². The van der Waals surface area contributed by atoms with Gasteiger partial charge in [0.25, 0.3) is 0 Å². The molecule has 1 spiro atoms. The summed E-state index contributed by atoms with van der Waals surface area (Å²) in [5, 5.41) is 9.95. The van der Waals surface area contributed by atoms with Gasteiger partial charge in [-0.2, -0.15) is 0 Å². The molecule has 8 rings (SSSR count). The summed E-state index contributed by atoms with van der Waals surface area (Å²) >= 11 is 0. The van der Waals surface area contributed by atoms with E-state index in [0.717, 1.165) is 16.0 Å². The number of nitrogens with zero attached hydrogens (tertiary/aromatic N) is 3. The van der Waals surface area contributed by atoms with Crippen molar-refractivity contribution in [1.29, 1.82) is 0 Å². The zero-order valence-electron chi connectivity index (χ0n) is 35.0. The summed E-state index contributed by atoms with van der Waals surface area (Å²) < 4.78 is 23.4. The molecule has 0 saturated carbocycles. The summed E-state index contributed by atoms with van der Waals surface area (Å²) in [7, 11) is 3.42. The second-order valence-electron chi connectivity index (χ2n) is 15.7. The predicted octanol–water partition coefficient (Wildman–Crippen LogP) is 5.48. The number of hydrogen-bond acceptors (Lipinski definition) is 11. The number of aliphatic hydroxyl groups excluding tert-OH is 1. The van der Waals surface area contributed by atoms with E-state index in [0.29, 0.717) is 29.8 Å². The van der Waals surface area contributed by atoms with E-state index in [1.807, 2.05) is 103 Å². The van der Waals surface area contributed by atoms with Crippen molar-refractivity contribution in [3.8, 4) is 17.6 Å². The van der Waals surface area contributed by atoms with Crippen molar-refractivity contribution in [2.24, 2.45) is 11.7 Å². The third kappa shape index (κ3) is 7.94. The summed E-state index contributed by atoms with van der Waals surface area (Å²) in [6, 6.07) is 37.2. The number of anilines is 1. The maximum atomic E-state index is 16.0. The minimum atomic E-state index is -2.08. The van der Waals surface area contributed by atoms with E-state index in [4.69, 9.17) is 24.7 Å². The Labute approximate surface area is 365 Å². The molecule has 0 unspecified atom stereocenters. The fraction of sp³-hybridized carbons (Fsp3) is 0.280. The van der Waals surface area contributed by atoms with Gasteiger partial charge in [0.15, 0.2) is 0 Å². The number of fused-ring (bicyclic) bond motifs is 3. The SMILES string of the molecule is COCCOC(=O)N1C(=O)[C@@]2(c3cc(C#CCN(C)Cc4ccccc4)ccc31)[C@H](c1ccccc1OCCO)N1[C@H](c3ccccc3)[C@H](c3ccccc3)OC(=O)[C@H]1[C@@H]2C(N)=O. The molecule has 0 bridgehead atoms. The molecular formula is C50H48N4O9. The third-order valence-corrected chi connectivity index (χ3v) is 11.9. The van der Waals surface area contributed by atoms with Crippen LogP contribution in [0.4, 0.5) is 10.5 Å². The summed E-state index contributed by atoms with van der Waals surface area (Å²) in [6.45, 7) is 0.535. The summed E-state index contributed by atoms with van der Waals surface area (Å²) in [6.07, 6.45) is -1.93. The number of ether oxygens (including phenoxy) is 4. The lowest BCUT2D eigenvalue weighted by Crippen LogP contribution is -2.55. The van der Waals surface area contributed by atoms with Gasteiger partial charge in [-0.1, -0.05) is 121 Å². The molecule has 13 nitrogen and oxygen atoms in total. The van der Waals surface area contributed by atoms with Crippen molar-refractivity contribution in [2.45, 2.75) is 36.2 Å². The van der Waals surface area contributed by atoms with Gasteiger partial charge in [-0.15, -0.1) is 0 Å². The standard InChI is InChI=1S/C50H48N4O9/c1-52(32-34-15-6-3-7-16-34)26-14-17-33-24-25-39-38(31-33)50(48(58)53(39)49(59)62-30-29-60-2)41(46(51)56)43-47(57)63-44(36-20-10-5-11-21-36)42(35-18-8-4-9-19-35)54(43)45(50)37-22-12-13-23-40(37)61-28-27-55/h3-13,15-16,18-25,31,41-45,55H,26-30,32H2,1-2H3,(H2,51,56)/t41-,42-,43-,44+,45+,50-/m1/s1. The zero-order chi connectivity index (χ0) is 44.1. The van der Waals surface area contributed by atoms with Crippen molar-refractivity contribution in [3.05, 3.63) is 167 Å². The van der Waals surface area contributed by atoms with Crippen LogP contribution in [0.5, 0.6) is 5.75 Å². The van der Waals surface area contributed by atoms with Crippen LogP contribution >= 0.6 is 0 Å². The number of para-hydroxylation sites is 1. The number of morpholine rings is 1. The highest BCUT2D eigenvalue weighted by molar-refractivity contribution is 6.23. The molecule has 5 aromatic rings. The van der Waals surface area contributed by atoms with Gasteiger partial charge < -0.3 is 29.8 Å². The Kier molecular flexibility index (Phi) is 12.7. The average molecular weight is 849 g/mol. The van der Waals surface area contributed by atoms with E-state index in [1.54, 1.807) is 42.5 Å². The van der Waals surface area contributed by atoms with E-state index in [-0.39, 0.29) is 43.4 Å². The minimum Gasteiger partial charge on any atom is -0.491 e. The number of primary amides is 1. The largest absolute Gasteiger partial charge is 0.491 e. The van der Waals surface area contributed by atoms with Gasteiger partial charge in [-0.25, -0.2) is 9.69 Å². The Bertz CT molecular complexity index is 2530. The molecular weight excluding hydrogens is 801 g/mol. The Hall–Kier alpha value is -6.82. The van der Waals surface area contributed by atoms with E-state index in [1.165, 1.54) is 7.11 Å². The van der Waals surface area contributed by atoms with Crippen LogP contribution < -0.4 is 15.4 Å². The fourth-order valence-electron chi connectivity index (χ4n) is 9.46. The van der Waals surface area contributed by atoms with Crippen LogP contribution in [-0.2, 0) is 40.6 Å². The summed E-state index contributed by atoms with van der Waals surface area (Å²) in [5.41, 5.74) is 8.23. The van der Waals surface area contributed by atoms with Gasteiger partial charge in [0.05, 0.1) is 43.4 Å².